The molecule has 3 heterocycles. The summed E-state index contributed by atoms with van der Waals surface area (Å²) >= 11 is 5.56. The van der Waals surface area contributed by atoms with Crippen molar-refractivity contribution in [3.8, 4) is 0 Å². The van der Waals surface area contributed by atoms with Crippen molar-refractivity contribution in [2.24, 2.45) is 0 Å². The molecule has 4 rings (SSSR count). The molecule has 1 aromatic heterocycles. The lowest BCUT2D eigenvalue weighted by atomic mass is 9.99. The standard InChI is InChI=1S/C14H11NO2S/c18-13-10-4-1-2-5-11(10)14(12-6-3-8-16-12)15(13)7-9-17-14/h1-6,8H,7,9H2. The summed E-state index contributed by atoms with van der Waals surface area (Å²) in [5, 5.41) is 0. The van der Waals surface area contributed by atoms with E-state index < -0.39 is 5.72 Å². The Morgan fingerprint density at radius 1 is 1.17 bits per heavy atom. The van der Waals surface area contributed by atoms with E-state index in [9.17, 15) is 0 Å². The Bertz CT molecular complexity index is 622. The molecule has 1 unspecified atom stereocenters. The molecule has 2 aliphatic rings. The third kappa shape index (κ3) is 1.05. The molecule has 0 saturated carbocycles. The first-order chi connectivity index (χ1) is 8.84. The third-order valence-corrected chi connectivity index (χ3v) is 4.07. The molecule has 0 amide bonds. The van der Waals surface area contributed by atoms with Crippen LogP contribution in [0.1, 0.15) is 16.9 Å². The first kappa shape index (κ1) is 10.3. The van der Waals surface area contributed by atoms with Crippen LogP contribution in [-0.2, 0) is 10.5 Å². The number of nitrogens with zero attached hydrogens (tertiary/aromatic N) is 1. The molecule has 4 heteroatoms. The molecule has 1 atom stereocenters. The number of hydrogen-bond donors (Lipinski definition) is 0. The number of furan rings is 1. The van der Waals surface area contributed by atoms with Crippen molar-refractivity contribution in [3.05, 3.63) is 59.5 Å². The highest BCUT2D eigenvalue weighted by molar-refractivity contribution is 7.80. The lowest BCUT2D eigenvalue weighted by Gasteiger charge is -2.30. The van der Waals surface area contributed by atoms with Crippen molar-refractivity contribution in [1.29, 1.82) is 0 Å². The molecule has 0 aliphatic carbocycles. The maximum Gasteiger partial charge on any atom is 0.228 e. The highest BCUT2D eigenvalue weighted by Crippen LogP contribution is 2.48. The molecule has 90 valence electrons. The van der Waals surface area contributed by atoms with Gasteiger partial charge in [-0.25, -0.2) is 0 Å². The van der Waals surface area contributed by atoms with E-state index in [-0.39, 0.29) is 0 Å². The summed E-state index contributed by atoms with van der Waals surface area (Å²) in [7, 11) is 0. The lowest BCUT2D eigenvalue weighted by Crippen LogP contribution is -2.39. The van der Waals surface area contributed by atoms with Gasteiger partial charge in [0.05, 0.1) is 12.9 Å². The molecule has 2 aromatic rings. The minimum Gasteiger partial charge on any atom is -0.464 e. The zero-order valence-electron chi connectivity index (χ0n) is 9.63. The van der Waals surface area contributed by atoms with Crippen LogP contribution in [0.3, 0.4) is 0 Å². The monoisotopic (exact) mass is 257 g/mol. The number of rotatable bonds is 1. The van der Waals surface area contributed by atoms with Crippen LogP contribution >= 0.6 is 12.2 Å². The summed E-state index contributed by atoms with van der Waals surface area (Å²) in [6.07, 6.45) is 1.67. The van der Waals surface area contributed by atoms with Gasteiger partial charge < -0.3 is 14.1 Å². The van der Waals surface area contributed by atoms with Crippen LogP contribution in [0.5, 0.6) is 0 Å². The van der Waals surface area contributed by atoms with Gasteiger partial charge in [0.2, 0.25) is 5.72 Å². The van der Waals surface area contributed by atoms with E-state index >= 15 is 0 Å². The largest absolute Gasteiger partial charge is 0.464 e. The quantitative estimate of drug-likeness (QED) is 0.733. The Labute approximate surface area is 110 Å². The Balaban J connectivity index is 2.03. The Kier molecular flexibility index (Phi) is 1.96. The van der Waals surface area contributed by atoms with Gasteiger partial charge in [-0.3, -0.25) is 0 Å². The van der Waals surface area contributed by atoms with Gasteiger partial charge in [-0.05, 0) is 12.1 Å². The fourth-order valence-electron chi connectivity index (χ4n) is 2.91. The summed E-state index contributed by atoms with van der Waals surface area (Å²) in [6, 6.07) is 12.0. The number of thiocarbonyl (C=S) groups is 1. The van der Waals surface area contributed by atoms with E-state index in [4.69, 9.17) is 21.4 Å². The fraction of sp³-hybridized carbons (Fsp3) is 0.214. The molecule has 0 radical (unpaired) electrons. The van der Waals surface area contributed by atoms with Gasteiger partial charge in [-0.1, -0.05) is 36.5 Å². The zero-order chi connectivity index (χ0) is 12.2. The molecule has 0 bridgehead atoms. The van der Waals surface area contributed by atoms with Crippen molar-refractivity contribution < 1.29 is 9.15 Å². The number of benzene rings is 1. The summed E-state index contributed by atoms with van der Waals surface area (Å²) in [6.45, 7) is 1.46. The molecule has 1 saturated heterocycles. The molecular weight excluding hydrogens is 246 g/mol. The minimum atomic E-state index is -0.642. The molecule has 0 N–H and O–H groups in total. The Morgan fingerprint density at radius 3 is 2.89 bits per heavy atom. The number of ether oxygens (including phenoxy) is 1. The highest BCUT2D eigenvalue weighted by Gasteiger charge is 2.55. The molecule has 2 aliphatic heterocycles. The van der Waals surface area contributed by atoms with E-state index in [0.717, 1.165) is 28.4 Å². The van der Waals surface area contributed by atoms with E-state index in [1.807, 2.05) is 30.3 Å². The normalized spacial score (nSPS) is 25.3. The average molecular weight is 257 g/mol. The van der Waals surface area contributed by atoms with E-state index in [1.54, 1.807) is 6.26 Å². The lowest BCUT2D eigenvalue weighted by molar-refractivity contribution is -0.0329. The second-order valence-corrected chi connectivity index (χ2v) is 4.86. The Hall–Kier alpha value is -1.65. The highest BCUT2D eigenvalue weighted by atomic mass is 32.1. The maximum atomic E-state index is 6.05. The van der Waals surface area contributed by atoms with Crippen molar-refractivity contribution in [2.45, 2.75) is 5.72 Å². The van der Waals surface area contributed by atoms with E-state index in [0.29, 0.717) is 6.61 Å². The smallest absolute Gasteiger partial charge is 0.228 e. The van der Waals surface area contributed by atoms with Crippen LogP contribution in [0.4, 0.5) is 0 Å². The van der Waals surface area contributed by atoms with Crippen molar-refractivity contribution in [2.75, 3.05) is 13.2 Å². The summed E-state index contributed by atoms with van der Waals surface area (Å²) in [5.41, 5.74) is 1.52. The van der Waals surface area contributed by atoms with Gasteiger partial charge in [0.15, 0.2) is 5.76 Å². The SMILES string of the molecule is S=C1c2ccccc2C2(c3ccco3)OCCN12. The molecular formula is C14H11NO2S. The summed E-state index contributed by atoms with van der Waals surface area (Å²) in [5.74, 6) is 0.798. The van der Waals surface area contributed by atoms with Crippen LogP contribution in [0.25, 0.3) is 0 Å². The third-order valence-electron chi connectivity index (χ3n) is 3.63. The minimum absolute atomic E-state index is 0.642. The van der Waals surface area contributed by atoms with Crippen molar-refractivity contribution in [1.82, 2.24) is 4.90 Å². The molecule has 1 fully saturated rings. The molecule has 3 nitrogen and oxygen atoms in total. The van der Waals surface area contributed by atoms with Crippen molar-refractivity contribution >= 4 is 17.2 Å². The van der Waals surface area contributed by atoms with Crippen LogP contribution in [-0.4, -0.2) is 23.0 Å². The Morgan fingerprint density at radius 2 is 2.06 bits per heavy atom. The maximum absolute atomic E-state index is 6.05. The average Bonchev–Trinajstić information content (AvgIpc) is 3.09. The summed E-state index contributed by atoms with van der Waals surface area (Å²) < 4.78 is 11.7. The van der Waals surface area contributed by atoms with Crippen LogP contribution in [0.15, 0.2) is 47.1 Å². The first-order valence-corrected chi connectivity index (χ1v) is 6.34. The number of fused-ring (bicyclic) bond motifs is 3. The topological polar surface area (TPSA) is 25.6 Å². The zero-order valence-corrected chi connectivity index (χ0v) is 10.4. The van der Waals surface area contributed by atoms with E-state index in [1.165, 1.54) is 0 Å². The molecule has 1 aromatic carbocycles. The predicted molar refractivity (Wildman–Crippen MR) is 70.3 cm³/mol. The van der Waals surface area contributed by atoms with Crippen LogP contribution in [0.2, 0.25) is 0 Å². The van der Waals surface area contributed by atoms with Crippen molar-refractivity contribution in [3.63, 3.8) is 0 Å². The molecule has 18 heavy (non-hydrogen) atoms. The van der Waals surface area contributed by atoms with E-state index in [2.05, 4.69) is 11.0 Å². The van der Waals surface area contributed by atoms with Crippen LogP contribution in [0, 0.1) is 0 Å². The second kappa shape index (κ2) is 3.43. The van der Waals surface area contributed by atoms with Gasteiger partial charge in [0.25, 0.3) is 0 Å². The van der Waals surface area contributed by atoms with Gasteiger partial charge in [-0.15, -0.1) is 0 Å². The second-order valence-electron chi connectivity index (χ2n) is 4.47. The summed E-state index contributed by atoms with van der Waals surface area (Å²) in [4.78, 5) is 2.96. The van der Waals surface area contributed by atoms with Crippen LogP contribution < -0.4 is 0 Å². The van der Waals surface area contributed by atoms with Gasteiger partial charge >= 0.3 is 0 Å². The van der Waals surface area contributed by atoms with Gasteiger partial charge in [-0.2, -0.15) is 0 Å². The number of hydrogen-bond acceptors (Lipinski definition) is 3. The fourth-order valence-corrected chi connectivity index (χ4v) is 3.30. The predicted octanol–water partition coefficient (Wildman–Crippen LogP) is 2.50. The van der Waals surface area contributed by atoms with Gasteiger partial charge in [0.1, 0.15) is 4.99 Å². The van der Waals surface area contributed by atoms with Gasteiger partial charge in [0, 0.05) is 17.7 Å². The molecule has 0 spiro atoms. The first-order valence-electron chi connectivity index (χ1n) is 5.93.